The van der Waals surface area contributed by atoms with Crippen LogP contribution in [0.1, 0.15) is 36.5 Å². The van der Waals surface area contributed by atoms with E-state index in [4.69, 9.17) is 4.74 Å². The Bertz CT molecular complexity index is 1040. The number of methoxy groups -OCH3 is 1. The minimum Gasteiger partial charge on any atom is -0.364 e. The Morgan fingerprint density at radius 2 is 1.53 bits per heavy atom. The van der Waals surface area contributed by atoms with E-state index in [1.165, 1.54) is 0 Å². The first-order valence-corrected chi connectivity index (χ1v) is 9.84. The van der Waals surface area contributed by atoms with Crippen molar-refractivity contribution in [2.24, 2.45) is 10.2 Å². The highest BCUT2D eigenvalue weighted by Gasteiger charge is 2.42. The van der Waals surface area contributed by atoms with Gasteiger partial charge in [-0.2, -0.15) is 10.2 Å². The van der Waals surface area contributed by atoms with Crippen LogP contribution >= 0.6 is 0 Å². The number of aromatic nitrogens is 3. The molecule has 1 aliphatic rings. The first kappa shape index (κ1) is 19.8. The number of pyridine rings is 3. The van der Waals surface area contributed by atoms with Crippen LogP contribution in [-0.4, -0.2) is 34.0 Å². The van der Waals surface area contributed by atoms with Crippen LogP contribution in [0.5, 0.6) is 0 Å². The van der Waals surface area contributed by atoms with E-state index in [2.05, 4.69) is 31.2 Å². The van der Waals surface area contributed by atoms with Crippen LogP contribution in [0, 0.1) is 0 Å². The monoisotopic (exact) mass is 397 g/mol. The van der Waals surface area contributed by atoms with E-state index in [1.54, 1.807) is 25.7 Å². The van der Waals surface area contributed by atoms with E-state index in [0.29, 0.717) is 0 Å². The summed E-state index contributed by atoms with van der Waals surface area (Å²) in [7, 11) is 1.72. The minimum atomic E-state index is -0.942. The van der Waals surface area contributed by atoms with Crippen molar-refractivity contribution in [3.8, 4) is 0 Å². The van der Waals surface area contributed by atoms with Crippen molar-refractivity contribution in [3.05, 3.63) is 95.8 Å². The maximum Gasteiger partial charge on any atom is 0.147 e. The Morgan fingerprint density at radius 3 is 2.07 bits per heavy atom. The van der Waals surface area contributed by atoms with Crippen LogP contribution in [0.25, 0.3) is 5.57 Å². The quantitative estimate of drug-likeness (QED) is 0.637. The van der Waals surface area contributed by atoms with Crippen LogP contribution < -0.4 is 0 Å². The first-order valence-electron chi connectivity index (χ1n) is 9.84. The fraction of sp³-hybridized carbons (Fsp3) is 0.208. The maximum absolute atomic E-state index is 6.41. The molecule has 0 saturated carbocycles. The molecule has 30 heavy (non-hydrogen) atoms. The third kappa shape index (κ3) is 3.57. The van der Waals surface area contributed by atoms with Crippen molar-refractivity contribution >= 4 is 17.5 Å². The molecule has 0 amide bonds. The average molecular weight is 397 g/mol. The highest BCUT2D eigenvalue weighted by Crippen LogP contribution is 2.47. The van der Waals surface area contributed by atoms with Crippen LogP contribution in [0.2, 0.25) is 0 Å². The molecule has 0 spiro atoms. The van der Waals surface area contributed by atoms with Crippen molar-refractivity contribution in [3.63, 3.8) is 0 Å². The lowest BCUT2D eigenvalue weighted by Crippen LogP contribution is -2.34. The molecule has 0 aliphatic carbocycles. The molecule has 0 aromatic carbocycles. The summed E-state index contributed by atoms with van der Waals surface area (Å²) in [4.78, 5) is 13.2. The van der Waals surface area contributed by atoms with E-state index in [-0.39, 0.29) is 0 Å². The normalized spacial score (nSPS) is 16.0. The highest BCUT2D eigenvalue weighted by atomic mass is 16.5. The Hall–Kier alpha value is -3.51. The smallest absolute Gasteiger partial charge is 0.147 e. The van der Waals surface area contributed by atoms with E-state index < -0.39 is 5.60 Å². The summed E-state index contributed by atoms with van der Waals surface area (Å²) in [6.45, 7) is 1.99. The zero-order valence-electron chi connectivity index (χ0n) is 17.1. The summed E-state index contributed by atoms with van der Waals surface area (Å²) < 4.78 is 6.41. The van der Waals surface area contributed by atoms with Gasteiger partial charge in [-0.25, -0.2) is 0 Å². The Morgan fingerprint density at radius 1 is 0.900 bits per heavy atom. The first-order chi connectivity index (χ1) is 14.8. The van der Waals surface area contributed by atoms with Gasteiger partial charge >= 0.3 is 0 Å². The second-order valence-corrected chi connectivity index (χ2v) is 6.99. The van der Waals surface area contributed by atoms with Gasteiger partial charge in [0.2, 0.25) is 0 Å². The molecule has 0 bridgehead atoms. The summed E-state index contributed by atoms with van der Waals surface area (Å²) in [5.41, 5.74) is 4.74. The van der Waals surface area contributed by atoms with Crippen LogP contribution in [-0.2, 0) is 10.3 Å². The molecular weight excluding hydrogens is 374 g/mol. The molecular formula is C24H23N5O. The zero-order valence-corrected chi connectivity index (χ0v) is 17.1. The van der Waals surface area contributed by atoms with Crippen LogP contribution in [0.3, 0.4) is 0 Å². The SMILES string of the molecule is COC(/C(=C1\CCC=NN=C1C)c1cccnc1)(c1cccnc1)c1cccnc1. The van der Waals surface area contributed by atoms with Gasteiger partial charge in [0.15, 0.2) is 0 Å². The topological polar surface area (TPSA) is 72.6 Å². The van der Waals surface area contributed by atoms with Crippen molar-refractivity contribution in [1.29, 1.82) is 0 Å². The molecule has 1 aliphatic heterocycles. The largest absolute Gasteiger partial charge is 0.364 e. The summed E-state index contributed by atoms with van der Waals surface area (Å²) >= 11 is 0. The second kappa shape index (κ2) is 8.88. The van der Waals surface area contributed by atoms with Gasteiger partial charge in [-0.05, 0) is 49.1 Å². The van der Waals surface area contributed by atoms with E-state index in [1.807, 2.05) is 62.1 Å². The van der Waals surface area contributed by atoms with Crippen molar-refractivity contribution in [2.45, 2.75) is 25.4 Å². The van der Waals surface area contributed by atoms with Gasteiger partial charge < -0.3 is 4.74 Å². The molecule has 6 nitrogen and oxygen atoms in total. The lowest BCUT2D eigenvalue weighted by molar-refractivity contribution is 0.0735. The van der Waals surface area contributed by atoms with Crippen molar-refractivity contribution < 1.29 is 4.74 Å². The number of nitrogens with zero attached hydrogens (tertiary/aromatic N) is 5. The molecule has 4 heterocycles. The van der Waals surface area contributed by atoms with Gasteiger partial charge in [-0.15, -0.1) is 0 Å². The third-order valence-corrected chi connectivity index (χ3v) is 5.30. The van der Waals surface area contributed by atoms with Crippen molar-refractivity contribution in [1.82, 2.24) is 15.0 Å². The predicted octanol–water partition coefficient (Wildman–Crippen LogP) is 4.46. The van der Waals surface area contributed by atoms with Gasteiger partial charge in [-0.3, -0.25) is 15.0 Å². The Labute approximate surface area is 176 Å². The van der Waals surface area contributed by atoms with Crippen molar-refractivity contribution in [2.75, 3.05) is 7.11 Å². The summed E-state index contributed by atoms with van der Waals surface area (Å²) in [6.07, 6.45) is 14.3. The molecule has 0 radical (unpaired) electrons. The van der Waals surface area contributed by atoms with Gasteiger partial charge in [0.1, 0.15) is 5.60 Å². The average Bonchev–Trinajstić information content (AvgIpc) is 3.03. The van der Waals surface area contributed by atoms with Gasteiger partial charge in [0.05, 0.1) is 5.71 Å². The van der Waals surface area contributed by atoms with Gasteiger partial charge in [0.25, 0.3) is 0 Å². The Balaban J connectivity index is 2.12. The van der Waals surface area contributed by atoms with Crippen LogP contribution in [0.4, 0.5) is 0 Å². The molecule has 150 valence electrons. The maximum atomic E-state index is 6.41. The van der Waals surface area contributed by atoms with E-state index in [0.717, 1.165) is 46.4 Å². The zero-order chi connectivity index (χ0) is 20.8. The molecule has 6 heteroatoms. The van der Waals surface area contributed by atoms with Crippen LogP contribution in [0.15, 0.2) is 89.4 Å². The lowest BCUT2D eigenvalue weighted by Gasteiger charge is -2.37. The molecule has 0 atom stereocenters. The summed E-state index contributed by atoms with van der Waals surface area (Å²) in [5.74, 6) is 0. The predicted molar refractivity (Wildman–Crippen MR) is 118 cm³/mol. The molecule has 0 N–H and O–H groups in total. The third-order valence-electron chi connectivity index (χ3n) is 5.30. The highest BCUT2D eigenvalue weighted by molar-refractivity contribution is 6.07. The fourth-order valence-corrected chi connectivity index (χ4v) is 3.98. The standard InChI is InChI=1S/C24H23N5O/c1-18-22(10-6-14-28-29-18)23(19-7-3-11-25-15-19)24(30-2,20-8-4-12-26-16-20)21-9-5-13-27-17-21/h3-5,7-9,11-17H,6,10H2,1-2H3/b23-22+. The number of hydrogen-bond acceptors (Lipinski definition) is 6. The van der Waals surface area contributed by atoms with E-state index >= 15 is 0 Å². The Kier molecular flexibility index (Phi) is 5.86. The molecule has 3 aromatic heterocycles. The van der Waals surface area contributed by atoms with Gasteiger partial charge in [-0.1, -0.05) is 18.2 Å². The van der Waals surface area contributed by atoms with Gasteiger partial charge in [0, 0.05) is 67.2 Å². The number of ether oxygens (including phenoxy) is 1. The number of rotatable bonds is 5. The second-order valence-electron chi connectivity index (χ2n) is 6.99. The fourth-order valence-electron chi connectivity index (χ4n) is 3.98. The number of hydrogen-bond donors (Lipinski definition) is 0. The lowest BCUT2D eigenvalue weighted by atomic mass is 9.74. The summed E-state index contributed by atoms with van der Waals surface area (Å²) in [6, 6.07) is 11.9. The molecule has 0 fully saturated rings. The molecule has 0 unspecified atom stereocenters. The number of allylic oxidation sites excluding steroid dienone is 1. The summed E-state index contributed by atoms with van der Waals surface area (Å²) in [5, 5.41) is 8.59. The molecule has 3 aromatic rings. The molecule has 0 saturated heterocycles. The minimum absolute atomic E-state index is 0.786. The van der Waals surface area contributed by atoms with E-state index in [9.17, 15) is 0 Å². The molecule has 4 rings (SSSR count).